The maximum atomic E-state index is 5.58. The van der Waals surface area contributed by atoms with E-state index >= 15 is 0 Å². The lowest BCUT2D eigenvalue weighted by Crippen LogP contribution is -2.48. The van der Waals surface area contributed by atoms with Gasteiger partial charge in [0.15, 0.2) is 0 Å². The molecule has 0 aliphatic carbocycles. The highest BCUT2D eigenvalue weighted by atomic mass is 16.5. The smallest absolute Gasteiger partial charge is 0.322 e. The van der Waals surface area contributed by atoms with Crippen LogP contribution in [0.2, 0.25) is 0 Å². The van der Waals surface area contributed by atoms with Gasteiger partial charge in [0.05, 0.1) is 12.7 Å². The Morgan fingerprint density at radius 3 is 2.68 bits per heavy atom. The molecule has 1 N–H and O–H groups in total. The second kappa shape index (κ2) is 5.56. The molecule has 7 nitrogen and oxygen atoms in total. The second-order valence-corrected chi connectivity index (χ2v) is 4.87. The molecule has 1 fully saturated rings. The van der Waals surface area contributed by atoms with Gasteiger partial charge in [-0.25, -0.2) is 0 Å². The molecule has 106 valence electrons. The minimum Gasteiger partial charge on any atom is -0.467 e. The van der Waals surface area contributed by atoms with Gasteiger partial charge in [-0.3, -0.25) is 0 Å². The van der Waals surface area contributed by atoms with Gasteiger partial charge in [-0.05, 0) is 19.8 Å². The standard InChI is InChI=1S/C12H21N5O2/c1-12(19-4)6-5-7-17(8-12)10-14-9(13-2)15-11(16-10)18-3/h5-8H2,1-4H3,(H,13,14,15,16). The molecule has 1 atom stereocenters. The van der Waals surface area contributed by atoms with E-state index in [0.717, 1.165) is 25.9 Å². The largest absolute Gasteiger partial charge is 0.467 e. The van der Waals surface area contributed by atoms with E-state index in [4.69, 9.17) is 9.47 Å². The van der Waals surface area contributed by atoms with Crippen molar-refractivity contribution >= 4 is 11.9 Å². The summed E-state index contributed by atoms with van der Waals surface area (Å²) in [5.41, 5.74) is -0.155. The van der Waals surface area contributed by atoms with E-state index in [-0.39, 0.29) is 5.60 Å². The zero-order valence-electron chi connectivity index (χ0n) is 11.9. The zero-order valence-corrected chi connectivity index (χ0v) is 11.9. The number of hydrogen-bond acceptors (Lipinski definition) is 7. The molecule has 1 aromatic rings. The maximum Gasteiger partial charge on any atom is 0.322 e. The number of nitrogens with one attached hydrogen (secondary N) is 1. The number of aromatic nitrogens is 3. The highest BCUT2D eigenvalue weighted by molar-refractivity contribution is 5.39. The van der Waals surface area contributed by atoms with Crippen molar-refractivity contribution in [1.82, 2.24) is 15.0 Å². The average molecular weight is 267 g/mol. The first kappa shape index (κ1) is 13.8. The van der Waals surface area contributed by atoms with Crippen LogP contribution in [-0.2, 0) is 4.74 Å². The molecule has 0 spiro atoms. The first-order valence-corrected chi connectivity index (χ1v) is 6.38. The summed E-state index contributed by atoms with van der Waals surface area (Å²) in [6.45, 7) is 3.78. The lowest BCUT2D eigenvalue weighted by molar-refractivity contribution is -0.00501. The van der Waals surface area contributed by atoms with Crippen molar-refractivity contribution < 1.29 is 9.47 Å². The third kappa shape index (κ3) is 3.04. The molecule has 2 heterocycles. The van der Waals surface area contributed by atoms with Crippen molar-refractivity contribution in [3.63, 3.8) is 0 Å². The molecule has 1 aliphatic rings. The molecule has 1 unspecified atom stereocenters. The lowest BCUT2D eigenvalue weighted by atomic mass is 9.95. The van der Waals surface area contributed by atoms with Crippen molar-refractivity contribution in [2.75, 3.05) is 44.6 Å². The van der Waals surface area contributed by atoms with Gasteiger partial charge in [0.2, 0.25) is 11.9 Å². The Morgan fingerprint density at radius 2 is 2.05 bits per heavy atom. The SMILES string of the molecule is CNc1nc(OC)nc(N2CCCC(C)(OC)C2)n1. The molecular weight excluding hydrogens is 246 g/mol. The van der Waals surface area contributed by atoms with Gasteiger partial charge in [-0.1, -0.05) is 0 Å². The summed E-state index contributed by atoms with van der Waals surface area (Å²) in [5, 5.41) is 2.92. The van der Waals surface area contributed by atoms with Crippen LogP contribution >= 0.6 is 0 Å². The van der Waals surface area contributed by atoms with Crippen LogP contribution in [0.5, 0.6) is 6.01 Å². The highest BCUT2D eigenvalue weighted by Crippen LogP contribution is 2.27. The predicted molar refractivity (Wildman–Crippen MR) is 72.8 cm³/mol. The Hall–Kier alpha value is -1.63. The molecule has 2 rings (SSSR count). The molecule has 19 heavy (non-hydrogen) atoms. The number of ether oxygens (including phenoxy) is 2. The third-order valence-electron chi connectivity index (χ3n) is 3.44. The number of nitrogens with zero attached hydrogens (tertiary/aromatic N) is 4. The summed E-state index contributed by atoms with van der Waals surface area (Å²) in [6, 6.07) is 0.319. The molecule has 1 aliphatic heterocycles. The minimum atomic E-state index is -0.155. The normalized spacial score (nSPS) is 23.3. The fraction of sp³-hybridized carbons (Fsp3) is 0.750. The Morgan fingerprint density at radius 1 is 1.26 bits per heavy atom. The first-order chi connectivity index (χ1) is 9.10. The van der Waals surface area contributed by atoms with E-state index in [0.29, 0.717) is 17.9 Å². The van der Waals surface area contributed by atoms with Crippen molar-refractivity contribution in [3.05, 3.63) is 0 Å². The van der Waals surface area contributed by atoms with Crippen LogP contribution in [0.25, 0.3) is 0 Å². The van der Waals surface area contributed by atoms with Crippen LogP contribution in [0.1, 0.15) is 19.8 Å². The number of rotatable bonds is 4. The predicted octanol–water partition coefficient (Wildman–Crippen LogP) is 0.927. The molecule has 0 saturated carbocycles. The van der Waals surface area contributed by atoms with Crippen molar-refractivity contribution in [2.45, 2.75) is 25.4 Å². The van der Waals surface area contributed by atoms with E-state index in [1.54, 1.807) is 21.3 Å². The molecule has 0 radical (unpaired) electrons. The summed E-state index contributed by atoms with van der Waals surface area (Å²) >= 11 is 0. The quantitative estimate of drug-likeness (QED) is 0.869. The van der Waals surface area contributed by atoms with Gasteiger partial charge in [0, 0.05) is 27.2 Å². The van der Waals surface area contributed by atoms with Gasteiger partial charge in [0.25, 0.3) is 0 Å². The molecular formula is C12H21N5O2. The molecule has 1 saturated heterocycles. The number of anilines is 2. The van der Waals surface area contributed by atoms with Gasteiger partial charge in [-0.15, -0.1) is 0 Å². The average Bonchev–Trinajstić information content (AvgIpc) is 2.46. The molecule has 1 aromatic heterocycles. The lowest BCUT2D eigenvalue weighted by Gasteiger charge is -2.39. The Kier molecular flexibility index (Phi) is 4.04. The third-order valence-corrected chi connectivity index (χ3v) is 3.44. The zero-order chi connectivity index (χ0) is 13.9. The summed E-state index contributed by atoms with van der Waals surface area (Å²) in [4.78, 5) is 14.9. The van der Waals surface area contributed by atoms with Gasteiger partial charge >= 0.3 is 6.01 Å². The van der Waals surface area contributed by atoms with Crippen LogP contribution < -0.4 is 15.0 Å². The number of piperidine rings is 1. The fourth-order valence-corrected chi connectivity index (χ4v) is 2.23. The molecule has 7 heteroatoms. The van der Waals surface area contributed by atoms with E-state index in [1.807, 2.05) is 0 Å². The second-order valence-electron chi connectivity index (χ2n) is 4.87. The van der Waals surface area contributed by atoms with E-state index in [9.17, 15) is 0 Å². The van der Waals surface area contributed by atoms with Crippen LogP contribution in [-0.4, -0.2) is 54.9 Å². The van der Waals surface area contributed by atoms with E-state index in [2.05, 4.69) is 32.1 Å². The number of hydrogen-bond donors (Lipinski definition) is 1. The van der Waals surface area contributed by atoms with Gasteiger partial charge in [0.1, 0.15) is 0 Å². The maximum absolute atomic E-state index is 5.58. The fourth-order valence-electron chi connectivity index (χ4n) is 2.23. The highest BCUT2D eigenvalue weighted by Gasteiger charge is 2.32. The van der Waals surface area contributed by atoms with Gasteiger partial charge in [-0.2, -0.15) is 15.0 Å². The Balaban J connectivity index is 2.25. The van der Waals surface area contributed by atoms with Crippen LogP contribution in [0, 0.1) is 0 Å². The van der Waals surface area contributed by atoms with E-state index in [1.165, 1.54) is 0 Å². The topological polar surface area (TPSA) is 72.4 Å². The van der Waals surface area contributed by atoms with Crippen molar-refractivity contribution in [1.29, 1.82) is 0 Å². The molecule has 0 amide bonds. The number of methoxy groups -OCH3 is 2. The minimum absolute atomic E-state index is 0.155. The monoisotopic (exact) mass is 267 g/mol. The summed E-state index contributed by atoms with van der Waals surface area (Å²) < 4.78 is 10.7. The summed E-state index contributed by atoms with van der Waals surface area (Å²) in [7, 11) is 5.07. The summed E-state index contributed by atoms with van der Waals surface area (Å²) in [6.07, 6.45) is 2.09. The van der Waals surface area contributed by atoms with Crippen LogP contribution in [0.4, 0.5) is 11.9 Å². The first-order valence-electron chi connectivity index (χ1n) is 6.38. The van der Waals surface area contributed by atoms with Crippen molar-refractivity contribution in [3.8, 4) is 6.01 Å². The Labute approximate surface area is 113 Å². The molecule has 0 bridgehead atoms. The van der Waals surface area contributed by atoms with Crippen LogP contribution in [0.15, 0.2) is 0 Å². The van der Waals surface area contributed by atoms with Gasteiger partial charge < -0.3 is 19.7 Å². The Bertz CT molecular complexity index is 420. The van der Waals surface area contributed by atoms with Crippen molar-refractivity contribution in [2.24, 2.45) is 0 Å². The molecule has 0 aromatic carbocycles. The van der Waals surface area contributed by atoms with E-state index < -0.39 is 0 Å². The van der Waals surface area contributed by atoms with Crippen LogP contribution in [0.3, 0.4) is 0 Å². The summed E-state index contributed by atoms with van der Waals surface area (Å²) in [5.74, 6) is 1.13.